The SMILES string of the molecule is CCc1ccc(CN2CC3C(CNc4ccc(N5CCN(C)CC5)c(F)c4)C3C2)cc1. The number of nitrogens with one attached hydrogen (secondary N) is 1. The van der Waals surface area contributed by atoms with Crippen LogP contribution >= 0.6 is 0 Å². The Morgan fingerprint density at radius 2 is 1.61 bits per heavy atom. The van der Waals surface area contributed by atoms with E-state index in [1.807, 2.05) is 12.1 Å². The number of hydrogen-bond donors (Lipinski definition) is 1. The Balaban J connectivity index is 1.08. The number of aryl methyl sites for hydroxylation is 1. The summed E-state index contributed by atoms with van der Waals surface area (Å²) < 4.78 is 14.7. The summed E-state index contributed by atoms with van der Waals surface area (Å²) in [5.74, 6) is 2.23. The van der Waals surface area contributed by atoms with Crippen molar-refractivity contribution in [1.29, 1.82) is 0 Å². The fourth-order valence-corrected chi connectivity index (χ4v) is 5.46. The van der Waals surface area contributed by atoms with Crippen LogP contribution in [0.1, 0.15) is 18.1 Å². The molecule has 2 aromatic carbocycles. The molecule has 0 amide bonds. The van der Waals surface area contributed by atoms with Gasteiger partial charge in [0.05, 0.1) is 5.69 Å². The molecule has 0 bridgehead atoms. The molecule has 1 N–H and O–H groups in total. The van der Waals surface area contributed by atoms with Gasteiger partial charge in [0.25, 0.3) is 0 Å². The number of anilines is 2. The van der Waals surface area contributed by atoms with Crippen LogP contribution in [0.3, 0.4) is 0 Å². The maximum atomic E-state index is 14.7. The summed E-state index contributed by atoms with van der Waals surface area (Å²) in [5, 5.41) is 3.51. The number of nitrogens with zero attached hydrogens (tertiary/aromatic N) is 3. The van der Waals surface area contributed by atoms with Gasteiger partial charge < -0.3 is 15.1 Å². The van der Waals surface area contributed by atoms with E-state index < -0.39 is 0 Å². The van der Waals surface area contributed by atoms with E-state index in [0.717, 1.165) is 74.8 Å². The minimum atomic E-state index is -0.106. The molecule has 0 radical (unpaired) electrons. The number of fused-ring (bicyclic) bond motifs is 1. The van der Waals surface area contributed by atoms with Gasteiger partial charge in [0.2, 0.25) is 0 Å². The van der Waals surface area contributed by atoms with Gasteiger partial charge in [-0.1, -0.05) is 31.2 Å². The largest absolute Gasteiger partial charge is 0.385 e. The van der Waals surface area contributed by atoms with E-state index in [1.54, 1.807) is 6.07 Å². The fraction of sp³-hybridized carbons (Fsp3) is 0.538. The Hall–Kier alpha value is -2.11. The summed E-state index contributed by atoms with van der Waals surface area (Å²) in [4.78, 5) is 7.05. The first kappa shape index (κ1) is 20.8. The van der Waals surface area contributed by atoms with Gasteiger partial charge >= 0.3 is 0 Å². The second-order valence-electron chi connectivity index (χ2n) is 9.69. The summed E-state index contributed by atoms with van der Waals surface area (Å²) in [6.45, 7) is 10.4. The second-order valence-corrected chi connectivity index (χ2v) is 9.69. The van der Waals surface area contributed by atoms with E-state index in [4.69, 9.17) is 0 Å². The van der Waals surface area contributed by atoms with E-state index >= 15 is 0 Å². The van der Waals surface area contributed by atoms with E-state index in [9.17, 15) is 4.39 Å². The highest BCUT2D eigenvalue weighted by Gasteiger charge is 2.54. The van der Waals surface area contributed by atoms with Crippen LogP contribution in [0.15, 0.2) is 42.5 Å². The lowest BCUT2D eigenvalue weighted by atomic mass is 10.1. The van der Waals surface area contributed by atoms with Crippen molar-refractivity contribution in [3.63, 3.8) is 0 Å². The zero-order chi connectivity index (χ0) is 21.4. The minimum absolute atomic E-state index is 0.106. The number of piperazine rings is 1. The summed E-state index contributed by atoms with van der Waals surface area (Å²) in [6, 6.07) is 14.7. The van der Waals surface area contributed by atoms with Gasteiger partial charge in [0.1, 0.15) is 5.82 Å². The Morgan fingerprint density at radius 3 is 2.26 bits per heavy atom. The monoisotopic (exact) mass is 422 g/mol. The van der Waals surface area contributed by atoms with Crippen molar-refractivity contribution >= 4 is 11.4 Å². The lowest BCUT2D eigenvalue weighted by Crippen LogP contribution is -2.44. The highest BCUT2D eigenvalue weighted by molar-refractivity contribution is 5.56. The molecular formula is C26H35FN4. The molecule has 3 fully saturated rings. The third kappa shape index (κ3) is 4.58. The molecule has 31 heavy (non-hydrogen) atoms. The van der Waals surface area contributed by atoms with Crippen LogP contribution in [0, 0.1) is 23.6 Å². The number of likely N-dealkylation sites (tertiary alicyclic amines) is 1. The molecule has 2 atom stereocenters. The van der Waals surface area contributed by atoms with Gasteiger partial charge in [-0.15, -0.1) is 0 Å². The molecule has 5 rings (SSSR count). The second kappa shape index (κ2) is 8.79. The normalized spacial score (nSPS) is 26.2. The molecule has 1 saturated carbocycles. The summed E-state index contributed by atoms with van der Waals surface area (Å²) in [6.07, 6.45) is 1.10. The summed E-state index contributed by atoms with van der Waals surface area (Å²) in [5.41, 5.74) is 4.48. The van der Waals surface area contributed by atoms with E-state index in [1.165, 1.54) is 24.2 Å². The zero-order valence-corrected chi connectivity index (χ0v) is 18.9. The van der Waals surface area contributed by atoms with Crippen LogP contribution in [0.5, 0.6) is 0 Å². The minimum Gasteiger partial charge on any atom is -0.385 e. The Kier molecular flexibility index (Phi) is 5.89. The molecule has 1 aliphatic carbocycles. The molecular weight excluding hydrogens is 387 g/mol. The average molecular weight is 423 g/mol. The number of piperidine rings is 1. The first-order valence-electron chi connectivity index (χ1n) is 11.9. The highest BCUT2D eigenvalue weighted by Crippen LogP contribution is 2.51. The van der Waals surface area contributed by atoms with Gasteiger partial charge in [-0.25, -0.2) is 4.39 Å². The predicted octanol–water partition coefficient (Wildman–Crippen LogP) is 3.93. The van der Waals surface area contributed by atoms with Crippen LogP contribution in [-0.2, 0) is 13.0 Å². The number of halogens is 1. The fourth-order valence-electron chi connectivity index (χ4n) is 5.46. The zero-order valence-electron chi connectivity index (χ0n) is 18.9. The average Bonchev–Trinajstić information content (AvgIpc) is 3.24. The number of benzene rings is 2. The number of rotatable bonds is 7. The van der Waals surface area contributed by atoms with E-state index in [2.05, 4.69) is 58.3 Å². The van der Waals surface area contributed by atoms with Crippen molar-refractivity contribution in [2.75, 3.05) is 63.1 Å². The molecule has 0 spiro atoms. The Bertz CT molecular complexity index is 879. The van der Waals surface area contributed by atoms with Gasteiger partial charge in [-0.3, -0.25) is 4.90 Å². The Morgan fingerprint density at radius 1 is 0.935 bits per heavy atom. The molecule has 0 aromatic heterocycles. The molecule has 2 aromatic rings. The molecule has 5 heteroatoms. The van der Waals surface area contributed by atoms with Crippen LogP contribution in [0.25, 0.3) is 0 Å². The Labute approximate surface area is 186 Å². The molecule has 2 aliphatic heterocycles. The lowest BCUT2D eigenvalue weighted by molar-refractivity contribution is 0.280. The molecule has 166 valence electrons. The third-order valence-electron chi connectivity index (χ3n) is 7.62. The smallest absolute Gasteiger partial charge is 0.148 e. The van der Waals surface area contributed by atoms with Crippen LogP contribution in [0.2, 0.25) is 0 Å². The molecule has 2 saturated heterocycles. The topological polar surface area (TPSA) is 21.8 Å². The van der Waals surface area contributed by atoms with Gasteiger partial charge in [-0.05, 0) is 60.5 Å². The quantitative estimate of drug-likeness (QED) is 0.730. The first-order chi connectivity index (χ1) is 15.1. The van der Waals surface area contributed by atoms with Crippen molar-refractivity contribution in [1.82, 2.24) is 9.80 Å². The van der Waals surface area contributed by atoms with Gasteiger partial charge in [-0.2, -0.15) is 0 Å². The maximum absolute atomic E-state index is 14.7. The molecule has 4 nitrogen and oxygen atoms in total. The van der Waals surface area contributed by atoms with Crippen molar-refractivity contribution < 1.29 is 4.39 Å². The third-order valence-corrected chi connectivity index (χ3v) is 7.62. The van der Waals surface area contributed by atoms with E-state index in [0.29, 0.717) is 0 Å². The van der Waals surface area contributed by atoms with Crippen LogP contribution in [-0.4, -0.2) is 62.7 Å². The first-order valence-corrected chi connectivity index (χ1v) is 11.9. The van der Waals surface area contributed by atoms with E-state index in [-0.39, 0.29) is 5.82 Å². The lowest BCUT2D eigenvalue weighted by Gasteiger charge is -2.34. The molecule has 3 aliphatic rings. The summed E-state index contributed by atoms with van der Waals surface area (Å²) in [7, 11) is 2.12. The standard InChI is InChI=1S/C26H35FN4/c1-3-19-4-6-20(7-5-19)16-30-17-23-22(24(23)18-30)15-28-21-8-9-26(25(27)14-21)31-12-10-29(2)11-13-31/h4-9,14,22-24,28H,3,10-13,15-18H2,1-2H3. The molecule has 2 heterocycles. The van der Waals surface area contributed by atoms with Gasteiger partial charge in [0.15, 0.2) is 0 Å². The van der Waals surface area contributed by atoms with Crippen molar-refractivity contribution in [2.45, 2.75) is 19.9 Å². The summed E-state index contributed by atoms with van der Waals surface area (Å²) >= 11 is 0. The number of hydrogen-bond acceptors (Lipinski definition) is 4. The maximum Gasteiger partial charge on any atom is 0.148 e. The van der Waals surface area contributed by atoms with Crippen molar-refractivity contribution in [3.8, 4) is 0 Å². The number of likely N-dealkylation sites (N-methyl/N-ethyl adjacent to an activating group) is 1. The van der Waals surface area contributed by atoms with Crippen LogP contribution < -0.4 is 10.2 Å². The molecule has 2 unspecified atom stereocenters. The van der Waals surface area contributed by atoms with Gasteiger partial charge in [0, 0.05) is 58.0 Å². The van der Waals surface area contributed by atoms with Crippen molar-refractivity contribution in [3.05, 3.63) is 59.4 Å². The van der Waals surface area contributed by atoms with Crippen molar-refractivity contribution in [2.24, 2.45) is 17.8 Å². The van der Waals surface area contributed by atoms with Crippen LogP contribution in [0.4, 0.5) is 15.8 Å². The predicted molar refractivity (Wildman–Crippen MR) is 126 cm³/mol. The highest BCUT2D eigenvalue weighted by atomic mass is 19.1.